The van der Waals surface area contributed by atoms with Gasteiger partial charge in [-0.2, -0.15) is 0 Å². The number of phenols is 1. The lowest BCUT2D eigenvalue weighted by atomic mass is 9.76. The maximum Gasteiger partial charge on any atom is 0.115 e. The minimum atomic E-state index is -0.524. The van der Waals surface area contributed by atoms with E-state index < -0.39 is 5.60 Å². The van der Waals surface area contributed by atoms with Gasteiger partial charge in [0.05, 0.1) is 5.60 Å². The number of rotatable bonds is 2. The third-order valence-corrected chi connectivity index (χ3v) is 3.67. The van der Waals surface area contributed by atoms with Gasteiger partial charge >= 0.3 is 0 Å². The second-order valence-electron chi connectivity index (χ2n) is 5.25. The molecular weight excluding hydrogens is 200 g/mol. The first kappa shape index (κ1) is 11.5. The third kappa shape index (κ3) is 2.76. The van der Waals surface area contributed by atoms with E-state index in [2.05, 4.69) is 6.92 Å². The molecule has 1 saturated carbocycles. The Balaban J connectivity index is 2.00. The molecule has 16 heavy (non-hydrogen) atoms. The standard InChI is InChI=1S/C14H20O2/c1-11-6-8-14(16,9-7-11)10-12-2-4-13(15)5-3-12/h2-5,11,15-16H,6-10H2,1H3. The van der Waals surface area contributed by atoms with Crippen LogP contribution in [0, 0.1) is 5.92 Å². The molecular formula is C14H20O2. The van der Waals surface area contributed by atoms with Crippen molar-refractivity contribution in [3.63, 3.8) is 0 Å². The van der Waals surface area contributed by atoms with Gasteiger partial charge in [0.15, 0.2) is 0 Å². The van der Waals surface area contributed by atoms with Gasteiger partial charge in [-0.05, 0) is 49.3 Å². The van der Waals surface area contributed by atoms with E-state index >= 15 is 0 Å². The number of aliphatic hydroxyl groups is 1. The molecule has 1 aromatic carbocycles. The van der Waals surface area contributed by atoms with Gasteiger partial charge in [-0.3, -0.25) is 0 Å². The molecule has 88 valence electrons. The highest BCUT2D eigenvalue weighted by Crippen LogP contribution is 2.34. The Morgan fingerprint density at radius 3 is 2.31 bits per heavy atom. The maximum absolute atomic E-state index is 10.4. The Hall–Kier alpha value is -1.02. The van der Waals surface area contributed by atoms with E-state index in [0.717, 1.165) is 37.2 Å². The summed E-state index contributed by atoms with van der Waals surface area (Å²) in [6.45, 7) is 2.25. The average molecular weight is 220 g/mol. The summed E-state index contributed by atoms with van der Waals surface area (Å²) in [7, 11) is 0. The van der Waals surface area contributed by atoms with E-state index in [4.69, 9.17) is 0 Å². The topological polar surface area (TPSA) is 40.5 Å². The van der Waals surface area contributed by atoms with Gasteiger partial charge in [-0.15, -0.1) is 0 Å². The monoisotopic (exact) mass is 220 g/mol. The van der Waals surface area contributed by atoms with E-state index in [9.17, 15) is 10.2 Å². The quantitative estimate of drug-likeness (QED) is 0.804. The molecule has 2 heteroatoms. The Labute approximate surface area is 96.9 Å². The Morgan fingerprint density at radius 1 is 1.19 bits per heavy atom. The molecule has 2 nitrogen and oxygen atoms in total. The lowest BCUT2D eigenvalue weighted by Gasteiger charge is -2.35. The van der Waals surface area contributed by atoms with Crippen molar-refractivity contribution < 1.29 is 10.2 Å². The number of phenolic OH excluding ortho intramolecular Hbond substituents is 1. The number of aromatic hydroxyl groups is 1. The van der Waals surface area contributed by atoms with Gasteiger partial charge in [0.1, 0.15) is 5.75 Å². The highest BCUT2D eigenvalue weighted by molar-refractivity contribution is 5.27. The van der Waals surface area contributed by atoms with Crippen LogP contribution in [-0.4, -0.2) is 15.8 Å². The molecule has 0 heterocycles. The van der Waals surface area contributed by atoms with E-state index in [1.807, 2.05) is 12.1 Å². The fourth-order valence-electron chi connectivity index (χ4n) is 2.47. The first-order chi connectivity index (χ1) is 7.57. The summed E-state index contributed by atoms with van der Waals surface area (Å²) >= 11 is 0. The molecule has 2 N–H and O–H groups in total. The van der Waals surface area contributed by atoms with Crippen LogP contribution in [0.15, 0.2) is 24.3 Å². The number of hydrogen-bond acceptors (Lipinski definition) is 2. The zero-order valence-electron chi connectivity index (χ0n) is 9.82. The Bertz CT molecular complexity index is 334. The molecule has 1 aromatic rings. The number of hydrogen-bond donors (Lipinski definition) is 2. The van der Waals surface area contributed by atoms with Crippen molar-refractivity contribution in [2.75, 3.05) is 0 Å². The summed E-state index contributed by atoms with van der Waals surface area (Å²) in [6, 6.07) is 7.16. The minimum absolute atomic E-state index is 0.285. The zero-order valence-corrected chi connectivity index (χ0v) is 9.82. The number of benzene rings is 1. The summed E-state index contributed by atoms with van der Waals surface area (Å²) < 4.78 is 0. The Morgan fingerprint density at radius 2 is 1.75 bits per heavy atom. The summed E-state index contributed by atoms with van der Waals surface area (Å²) in [4.78, 5) is 0. The van der Waals surface area contributed by atoms with Crippen molar-refractivity contribution >= 4 is 0 Å². The average Bonchev–Trinajstić information content (AvgIpc) is 2.27. The summed E-state index contributed by atoms with van der Waals surface area (Å²) in [5, 5.41) is 19.6. The lowest BCUT2D eigenvalue weighted by molar-refractivity contribution is -0.00668. The highest BCUT2D eigenvalue weighted by atomic mass is 16.3. The van der Waals surface area contributed by atoms with Gasteiger partial charge in [0.25, 0.3) is 0 Å². The van der Waals surface area contributed by atoms with Gasteiger partial charge in [-0.1, -0.05) is 19.1 Å². The largest absolute Gasteiger partial charge is 0.508 e. The second kappa shape index (κ2) is 4.46. The molecule has 0 aliphatic heterocycles. The van der Waals surface area contributed by atoms with E-state index in [1.54, 1.807) is 12.1 Å². The van der Waals surface area contributed by atoms with Crippen molar-refractivity contribution in [1.82, 2.24) is 0 Å². The second-order valence-corrected chi connectivity index (χ2v) is 5.25. The van der Waals surface area contributed by atoms with Crippen LogP contribution in [0.2, 0.25) is 0 Å². The van der Waals surface area contributed by atoms with Crippen LogP contribution >= 0.6 is 0 Å². The highest BCUT2D eigenvalue weighted by Gasteiger charge is 2.31. The van der Waals surface area contributed by atoms with Crippen LogP contribution in [0.4, 0.5) is 0 Å². The molecule has 2 rings (SSSR count). The summed E-state index contributed by atoms with van der Waals surface area (Å²) in [5.74, 6) is 1.04. The molecule has 1 fully saturated rings. The molecule has 0 atom stereocenters. The van der Waals surface area contributed by atoms with Crippen molar-refractivity contribution in [3.05, 3.63) is 29.8 Å². The molecule has 0 amide bonds. The molecule has 1 aliphatic carbocycles. The van der Waals surface area contributed by atoms with Gasteiger partial charge in [0.2, 0.25) is 0 Å². The maximum atomic E-state index is 10.4. The zero-order chi connectivity index (χ0) is 11.6. The van der Waals surface area contributed by atoms with Crippen LogP contribution in [0.1, 0.15) is 38.2 Å². The van der Waals surface area contributed by atoms with Gasteiger partial charge in [-0.25, -0.2) is 0 Å². The molecule has 0 unspecified atom stereocenters. The molecule has 0 saturated heterocycles. The summed E-state index contributed by atoms with van der Waals surface area (Å²) in [5.41, 5.74) is 0.582. The first-order valence-corrected chi connectivity index (χ1v) is 6.08. The smallest absolute Gasteiger partial charge is 0.115 e. The van der Waals surface area contributed by atoms with Crippen LogP contribution < -0.4 is 0 Å². The molecule has 0 aromatic heterocycles. The van der Waals surface area contributed by atoms with Crippen LogP contribution in [-0.2, 0) is 6.42 Å². The van der Waals surface area contributed by atoms with Crippen molar-refractivity contribution in [2.24, 2.45) is 5.92 Å². The predicted octanol–water partition coefficient (Wildman–Crippen LogP) is 2.88. The molecule has 0 radical (unpaired) electrons. The molecule has 1 aliphatic rings. The minimum Gasteiger partial charge on any atom is -0.508 e. The normalized spacial score (nSPS) is 30.2. The lowest BCUT2D eigenvalue weighted by Crippen LogP contribution is -2.35. The van der Waals surface area contributed by atoms with Crippen LogP contribution in [0.5, 0.6) is 5.75 Å². The van der Waals surface area contributed by atoms with Crippen molar-refractivity contribution in [1.29, 1.82) is 0 Å². The van der Waals surface area contributed by atoms with Gasteiger partial charge in [0, 0.05) is 6.42 Å². The molecule has 0 bridgehead atoms. The van der Waals surface area contributed by atoms with E-state index in [1.165, 1.54) is 0 Å². The fourth-order valence-corrected chi connectivity index (χ4v) is 2.47. The predicted molar refractivity (Wildman–Crippen MR) is 64.4 cm³/mol. The van der Waals surface area contributed by atoms with Crippen LogP contribution in [0.3, 0.4) is 0 Å². The van der Waals surface area contributed by atoms with E-state index in [-0.39, 0.29) is 5.75 Å². The first-order valence-electron chi connectivity index (χ1n) is 6.08. The van der Waals surface area contributed by atoms with Crippen molar-refractivity contribution in [3.8, 4) is 5.75 Å². The van der Waals surface area contributed by atoms with Crippen molar-refractivity contribution in [2.45, 2.75) is 44.6 Å². The Kier molecular flexibility index (Phi) is 3.20. The molecule has 0 spiro atoms. The van der Waals surface area contributed by atoms with Gasteiger partial charge < -0.3 is 10.2 Å². The fraction of sp³-hybridized carbons (Fsp3) is 0.571. The van der Waals surface area contributed by atoms with Crippen LogP contribution in [0.25, 0.3) is 0 Å². The SMILES string of the molecule is CC1CCC(O)(Cc2ccc(O)cc2)CC1. The van der Waals surface area contributed by atoms with E-state index in [0.29, 0.717) is 6.42 Å². The summed E-state index contributed by atoms with van der Waals surface area (Å²) in [6.07, 6.45) is 4.74. The third-order valence-electron chi connectivity index (χ3n) is 3.67.